The Morgan fingerprint density at radius 1 is 1.20 bits per heavy atom. The first-order valence-electron chi connectivity index (χ1n) is 8.62. The molecule has 6 nitrogen and oxygen atoms in total. The smallest absolute Gasteiger partial charge is 0.321 e. The van der Waals surface area contributed by atoms with E-state index in [-0.39, 0.29) is 12.1 Å². The van der Waals surface area contributed by atoms with Crippen LogP contribution in [-0.4, -0.2) is 40.1 Å². The molecule has 0 bridgehead atoms. The van der Waals surface area contributed by atoms with Gasteiger partial charge in [-0.3, -0.25) is 0 Å². The zero-order valence-corrected chi connectivity index (χ0v) is 15.0. The van der Waals surface area contributed by atoms with Gasteiger partial charge in [-0.15, -0.1) is 0 Å². The Morgan fingerprint density at radius 3 is 2.64 bits per heavy atom. The quantitative estimate of drug-likeness (QED) is 0.929. The summed E-state index contributed by atoms with van der Waals surface area (Å²) in [5.41, 5.74) is 3.65. The van der Waals surface area contributed by atoms with Gasteiger partial charge in [0.05, 0.1) is 6.54 Å². The molecular weight excluding hydrogens is 316 g/mol. The standard InChI is InChI=1S/C19H24N4O2/c1-13-7-4-5-9-17(13)22-19(24)23-10-6-8-16(12-23)25-18-20-14(2)11-15(3)21-18/h4-5,7,9,11,16H,6,8,10,12H2,1-3H3,(H,22,24). The molecule has 0 spiro atoms. The van der Waals surface area contributed by atoms with Gasteiger partial charge in [-0.2, -0.15) is 0 Å². The fourth-order valence-electron chi connectivity index (χ4n) is 3.02. The fraction of sp³-hybridized carbons (Fsp3) is 0.421. The normalized spacial score (nSPS) is 17.2. The number of carbonyl (C=O) groups is 1. The summed E-state index contributed by atoms with van der Waals surface area (Å²) in [4.78, 5) is 23.0. The number of likely N-dealkylation sites (tertiary alicyclic amines) is 1. The van der Waals surface area contributed by atoms with Crippen LogP contribution in [0.4, 0.5) is 10.5 Å². The molecule has 2 aromatic rings. The van der Waals surface area contributed by atoms with Crippen LogP contribution in [0.15, 0.2) is 30.3 Å². The number of urea groups is 1. The van der Waals surface area contributed by atoms with Crippen molar-refractivity contribution in [2.45, 2.75) is 39.7 Å². The van der Waals surface area contributed by atoms with Gasteiger partial charge < -0.3 is 15.0 Å². The minimum Gasteiger partial charge on any atom is -0.458 e. The van der Waals surface area contributed by atoms with E-state index in [4.69, 9.17) is 4.74 Å². The summed E-state index contributed by atoms with van der Waals surface area (Å²) in [5, 5.41) is 2.98. The lowest BCUT2D eigenvalue weighted by molar-refractivity contribution is 0.0980. The molecule has 132 valence electrons. The van der Waals surface area contributed by atoms with Gasteiger partial charge >= 0.3 is 12.0 Å². The van der Waals surface area contributed by atoms with Crippen LogP contribution < -0.4 is 10.1 Å². The third-order valence-corrected chi connectivity index (χ3v) is 4.29. The number of nitrogens with zero attached hydrogens (tertiary/aromatic N) is 3. The first kappa shape index (κ1) is 17.2. The molecule has 2 amide bonds. The second kappa shape index (κ2) is 7.51. The van der Waals surface area contributed by atoms with Crippen molar-refractivity contribution in [2.24, 2.45) is 0 Å². The molecule has 1 aliphatic heterocycles. The van der Waals surface area contributed by atoms with Gasteiger partial charge in [-0.25, -0.2) is 14.8 Å². The van der Waals surface area contributed by atoms with E-state index in [2.05, 4.69) is 15.3 Å². The van der Waals surface area contributed by atoms with Crippen molar-refractivity contribution in [3.8, 4) is 6.01 Å². The van der Waals surface area contributed by atoms with Crippen LogP contribution in [0.25, 0.3) is 0 Å². The summed E-state index contributed by atoms with van der Waals surface area (Å²) in [6.07, 6.45) is 1.71. The number of hydrogen-bond acceptors (Lipinski definition) is 4. The third kappa shape index (κ3) is 4.47. The van der Waals surface area contributed by atoms with Crippen LogP contribution in [-0.2, 0) is 0 Å². The summed E-state index contributed by atoms with van der Waals surface area (Å²) in [6, 6.07) is 9.98. The molecule has 1 aromatic heterocycles. The molecule has 2 heterocycles. The highest BCUT2D eigenvalue weighted by atomic mass is 16.5. The van der Waals surface area contributed by atoms with E-state index >= 15 is 0 Å². The minimum absolute atomic E-state index is 0.0856. The molecule has 3 rings (SSSR count). The highest BCUT2D eigenvalue weighted by Gasteiger charge is 2.26. The van der Waals surface area contributed by atoms with E-state index in [9.17, 15) is 4.79 Å². The van der Waals surface area contributed by atoms with E-state index in [1.54, 1.807) is 4.90 Å². The van der Waals surface area contributed by atoms with Crippen LogP contribution in [0.3, 0.4) is 0 Å². The zero-order valence-electron chi connectivity index (χ0n) is 15.0. The summed E-state index contributed by atoms with van der Waals surface area (Å²) in [7, 11) is 0. The SMILES string of the molecule is Cc1cc(C)nc(OC2CCCN(C(=O)Nc3ccccc3C)C2)n1. The van der Waals surface area contributed by atoms with Crippen molar-refractivity contribution < 1.29 is 9.53 Å². The number of nitrogens with one attached hydrogen (secondary N) is 1. The molecule has 1 saturated heterocycles. The number of amides is 2. The van der Waals surface area contributed by atoms with Crippen LogP contribution in [0.5, 0.6) is 6.01 Å². The number of aryl methyl sites for hydroxylation is 3. The van der Waals surface area contributed by atoms with Crippen LogP contribution in [0, 0.1) is 20.8 Å². The fourth-order valence-corrected chi connectivity index (χ4v) is 3.02. The Balaban J connectivity index is 1.62. The Hall–Kier alpha value is -2.63. The number of rotatable bonds is 3. The second-order valence-electron chi connectivity index (χ2n) is 6.51. The van der Waals surface area contributed by atoms with Crippen molar-refractivity contribution >= 4 is 11.7 Å². The monoisotopic (exact) mass is 340 g/mol. The van der Waals surface area contributed by atoms with Gasteiger partial charge in [0.25, 0.3) is 0 Å². The highest BCUT2D eigenvalue weighted by molar-refractivity contribution is 5.90. The zero-order chi connectivity index (χ0) is 17.8. The van der Waals surface area contributed by atoms with E-state index in [0.29, 0.717) is 12.6 Å². The van der Waals surface area contributed by atoms with Gasteiger partial charge in [-0.1, -0.05) is 18.2 Å². The predicted molar refractivity (Wildman–Crippen MR) is 96.9 cm³/mol. The topological polar surface area (TPSA) is 67.3 Å². The molecular formula is C19H24N4O2. The number of anilines is 1. The molecule has 0 radical (unpaired) electrons. The Bertz CT molecular complexity index is 743. The lowest BCUT2D eigenvalue weighted by Crippen LogP contribution is -2.46. The first-order valence-corrected chi connectivity index (χ1v) is 8.62. The maximum Gasteiger partial charge on any atom is 0.321 e. The average molecular weight is 340 g/mol. The van der Waals surface area contributed by atoms with Gasteiger partial charge in [-0.05, 0) is 51.3 Å². The molecule has 1 atom stereocenters. The van der Waals surface area contributed by atoms with E-state index in [1.165, 1.54) is 0 Å². The molecule has 1 unspecified atom stereocenters. The van der Waals surface area contributed by atoms with Crippen molar-refractivity contribution in [1.29, 1.82) is 0 Å². The number of aromatic nitrogens is 2. The Morgan fingerprint density at radius 2 is 1.92 bits per heavy atom. The second-order valence-corrected chi connectivity index (χ2v) is 6.51. The lowest BCUT2D eigenvalue weighted by Gasteiger charge is -2.32. The summed E-state index contributed by atoms with van der Waals surface area (Å²) < 4.78 is 5.93. The minimum atomic E-state index is -0.0936. The number of para-hydroxylation sites is 1. The lowest BCUT2D eigenvalue weighted by atomic mass is 10.1. The summed E-state index contributed by atoms with van der Waals surface area (Å²) in [6.45, 7) is 7.09. The maximum absolute atomic E-state index is 12.6. The molecule has 1 fully saturated rings. The van der Waals surface area contributed by atoms with E-state index in [0.717, 1.165) is 42.0 Å². The molecule has 1 aromatic carbocycles. The third-order valence-electron chi connectivity index (χ3n) is 4.29. The summed E-state index contributed by atoms with van der Waals surface area (Å²) in [5.74, 6) is 0. The van der Waals surface area contributed by atoms with Crippen molar-refractivity contribution in [2.75, 3.05) is 18.4 Å². The van der Waals surface area contributed by atoms with Crippen LogP contribution in [0.1, 0.15) is 29.8 Å². The highest BCUT2D eigenvalue weighted by Crippen LogP contribution is 2.19. The molecule has 1 N–H and O–H groups in total. The number of hydrogen-bond donors (Lipinski definition) is 1. The molecule has 6 heteroatoms. The van der Waals surface area contributed by atoms with Gasteiger partial charge in [0.15, 0.2) is 0 Å². The van der Waals surface area contributed by atoms with Crippen molar-refractivity contribution in [3.05, 3.63) is 47.3 Å². The van der Waals surface area contributed by atoms with E-state index < -0.39 is 0 Å². The van der Waals surface area contributed by atoms with Crippen molar-refractivity contribution in [3.63, 3.8) is 0 Å². The molecule has 0 aliphatic carbocycles. The summed E-state index contributed by atoms with van der Waals surface area (Å²) >= 11 is 0. The first-order chi connectivity index (χ1) is 12.0. The Labute approximate surface area is 148 Å². The number of piperidine rings is 1. The number of benzene rings is 1. The van der Waals surface area contributed by atoms with Crippen molar-refractivity contribution in [1.82, 2.24) is 14.9 Å². The predicted octanol–water partition coefficient (Wildman–Crippen LogP) is 3.48. The molecule has 25 heavy (non-hydrogen) atoms. The number of ether oxygens (including phenoxy) is 1. The maximum atomic E-state index is 12.6. The largest absolute Gasteiger partial charge is 0.458 e. The van der Waals surface area contributed by atoms with Crippen LogP contribution >= 0.6 is 0 Å². The van der Waals surface area contributed by atoms with Crippen LogP contribution in [0.2, 0.25) is 0 Å². The molecule has 1 aliphatic rings. The van der Waals surface area contributed by atoms with Gasteiger partial charge in [0.1, 0.15) is 6.10 Å². The van der Waals surface area contributed by atoms with Gasteiger partial charge in [0, 0.05) is 23.6 Å². The Kier molecular flexibility index (Phi) is 5.16. The van der Waals surface area contributed by atoms with Gasteiger partial charge in [0.2, 0.25) is 0 Å². The number of carbonyl (C=O) groups excluding carboxylic acids is 1. The average Bonchev–Trinajstić information content (AvgIpc) is 2.56. The van der Waals surface area contributed by atoms with E-state index in [1.807, 2.05) is 51.1 Å². The molecule has 0 saturated carbocycles.